The van der Waals surface area contributed by atoms with Crippen LogP contribution in [0.2, 0.25) is 0 Å². The minimum Gasteiger partial charge on any atom is -0.492 e. The summed E-state index contributed by atoms with van der Waals surface area (Å²) < 4.78 is 10.8. The quantitative estimate of drug-likeness (QED) is 0.539. The summed E-state index contributed by atoms with van der Waals surface area (Å²) in [4.78, 5) is 8.28. The Hall–Kier alpha value is -3.00. The Kier molecular flexibility index (Phi) is 2.98. The van der Waals surface area contributed by atoms with E-state index in [4.69, 9.17) is 14.9 Å². The lowest BCUT2D eigenvalue weighted by Gasteiger charge is -2.02. The summed E-state index contributed by atoms with van der Waals surface area (Å²) in [5.74, 6) is 6.60. The molecule has 0 aliphatic carbocycles. The van der Waals surface area contributed by atoms with Gasteiger partial charge in [0.2, 0.25) is 0 Å². The summed E-state index contributed by atoms with van der Waals surface area (Å²) in [5.41, 5.74) is 8.29. The number of methoxy groups -OCH3 is 1. The Bertz CT molecular complexity index is 813. The number of fused-ring (bicyclic) bond motifs is 1. The van der Waals surface area contributed by atoms with Crippen molar-refractivity contribution in [2.24, 2.45) is 0 Å². The fourth-order valence-corrected chi connectivity index (χ4v) is 1.82. The first-order chi connectivity index (χ1) is 9.78. The largest absolute Gasteiger partial charge is 0.492 e. The van der Waals surface area contributed by atoms with Gasteiger partial charge in [-0.1, -0.05) is 5.92 Å². The van der Waals surface area contributed by atoms with E-state index in [1.54, 1.807) is 31.6 Å². The van der Waals surface area contributed by atoms with Gasteiger partial charge in [-0.15, -0.1) is 0 Å². The van der Waals surface area contributed by atoms with E-state index in [9.17, 15) is 0 Å². The highest BCUT2D eigenvalue weighted by Gasteiger charge is 2.11. The number of rotatable bonds is 1. The fraction of sp³-hybridized carbons (Fsp3) is 0.0667. The van der Waals surface area contributed by atoms with Crippen LogP contribution in [-0.4, -0.2) is 17.1 Å². The van der Waals surface area contributed by atoms with E-state index in [2.05, 4.69) is 21.8 Å². The van der Waals surface area contributed by atoms with Crippen LogP contribution in [0.1, 0.15) is 11.5 Å². The van der Waals surface area contributed by atoms with Gasteiger partial charge in [0.25, 0.3) is 5.89 Å². The number of nitrogens with two attached hydrogens (primary N) is 1. The third-order valence-corrected chi connectivity index (χ3v) is 2.72. The maximum absolute atomic E-state index is 5.82. The minimum atomic E-state index is 0.313. The smallest absolute Gasteiger partial charge is 0.274 e. The molecule has 0 amide bonds. The number of nitrogens with zero attached hydrogens (tertiary/aromatic N) is 2. The maximum Gasteiger partial charge on any atom is 0.274 e. The number of hydrogen-bond donors (Lipinski definition) is 1. The van der Waals surface area contributed by atoms with Gasteiger partial charge in [-0.3, -0.25) is 4.98 Å². The van der Waals surface area contributed by atoms with Crippen LogP contribution in [0.3, 0.4) is 0 Å². The van der Waals surface area contributed by atoms with Gasteiger partial charge in [-0.25, -0.2) is 0 Å². The van der Waals surface area contributed by atoms with Crippen molar-refractivity contribution in [3.63, 3.8) is 0 Å². The second-order valence-electron chi connectivity index (χ2n) is 4.05. The fourth-order valence-electron chi connectivity index (χ4n) is 1.82. The Labute approximate surface area is 115 Å². The molecule has 5 heteroatoms. The molecular formula is C15H11N3O2. The molecule has 0 aliphatic heterocycles. The molecule has 0 atom stereocenters. The summed E-state index contributed by atoms with van der Waals surface area (Å²) >= 11 is 0. The highest BCUT2D eigenvalue weighted by atomic mass is 16.5. The lowest BCUT2D eigenvalue weighted by Crippen LogP contribution is -1.92. The van der Waals surface area contributed by atoms with Crippen LogP contribution in [0, 0.1) is 11.8 Å². The SMILES string of the molecule is COc1c(N)ccc2oc(C#Cc3cccnc3)nc12. The lowest BCUT2D eigenvalue weighted by molar-refractivity contribution is 0.421. The topological polar surface area (TPSA) is 74.2 Å². The van der Waals surface area contributed by atoms with Gasteiger partial charge < -0.3 is 14.9 Å². The molecule has 2 aromatic heterocycles. The summed E-state index contributed by atoms with van der Waals surface area (Å²) in [7, 11) is 1.54. The van der Waals surface area contributed by atoms with Crippen LogP contribution < -0.4 is 10.5 Å². The first kappa shape index (κ1) is 12.1. The second kappa shape index (κ2) is 4.94. The molecule has 0 saturated carbocycles. The van der Waals surface area contributed by atoms with Gasteiger partial charge in [0.1, 0.15) is 0 Å². The van der Waals surface area contributed by atoms with Gasteiger partial charge in [-0.2, -0.15) is 4.98 Å². The number of oxazole rings is 1. The molecule has 5 nitrogen and oxygen atoms in total. The predicted octanol–water partition coefficient (Wildman–Crippen LogP) is 2.21. The maximum atomic E-state index is 5.82. The Balaban J connectivity index is 2.04. The van der Waals surface area contributed by atoms with Crippen LogP contribution >= 0.6 is 0 Å². The van der Waals surface area contributed by atoms with Crippen LogP contribution in [0.5, 0.6) is 5.75 Å². The van der Waals surface area contributed by atoms with E-state index < -0.39 is 0 Å². The van der Waals surface area contributed by atoms with Crippen molar-refractivity contribution in [3.05, 3.63) is 48.1 Å². The molecule has 0 unspecified atom stereocenters. The van der Waals surface area contributed by atoms with Crippen molar-refractivity contribution >= 4 is 16.8 Å². The molecule has 0 aliphatic rings. The number of anilines is 1. The van der Waals surface area contributed by atoms with Crippen molar-refractivity contribution in [1.82, 2.24) is 9.97 Å². The monoisotopic (exact) mass is 265 g/mol. The number of nitrogen functional groups attached to an aromatic ring is 1. The number of aromatic nitrogens is 2. The molecule has 0 radical (unpaired) electrons. The van der Waals surface area contributed by atoms with Gasteiger partial charge in [0, 0.05) is 18.0 Å². The van der Waals surface area contributed by atoms with Gasteiger partial charge in [0.05, 0.1) is 12.8 Å². The average Bonchev–Trinajstić information content (AvgIpc) is 2.89. The van der Waals surface area contributed by atoms with Crippen molar-refractivity contribution in [2.75, 3.05) is 12.8 Å². The summed E-state index contributed by atoms with van der Waals surface area (Å²) in [6.07, 6.45) is 3.37. The van der Waals surface area contributed by atoms with Crippen molar-refractivity contribution in [1.29, 1.82) is 0 Å². The molecule has 0 saturated heterocycles. The van der Waals surface area contributed by atoms with Gasteiger partial charge in [-0.05, 0) is 30.2 Å². The molecular weight excluding hydrogens is 254 g/mol. The predicted molar refractivity (Wildman–Crippen MR) is 75.2 cm³/mol. The van der Waals surface area contributed by atoms with E-state index in [0.717, 1.165) is 5.56 Å². The second-order valence-corrected chi connectivity index (χ2v) is 4.05. The van der Waals surface area contributed by atoms with Crippen LogP contribution in [0.4, 0.5) is 5.69 Å². The average molecular weight is 265 g/mol. The van der Waals surface area contributed by atoms with Gasteiger partial charge >= 0.3 is 0 Å². The van der Waals surface area contributed by atoms with Crippen molar-refractivity contribution < 1.29 is 9.15 Å². The van der Waals surface area contributed by atoms with Crippen molar-refractivity contribution in [2.45, 2.75) is 0 Å². The molecule has 0 fully saturated rings. The molecule has 3 rings (SSSR count). The van der Waals surface area contributed by atoms with Crippen LogP contribution in [-0.2, 0) is 0 Å². The zero-order chi connectivity index (χ0) is 13.9. The number of pyridine rings is 1. The summed E-state index contributed by atoms with van der Waals surface area (Å²) in [6.45, 7) is 0. The molecule has 98 valence electrons. The van der Waals surface area contributed by atoms with Crippen LogP contribution in [0.15, 0.2) is 41.1 Å². The molecule has 2 N–H and O–H groups in total. The highest BCUT2D eigenvalue weighted by molar-refractivity contribution is 5.86. The standard InChI is InChI=1S/C15H11N3O2/c1-19-15-11(16)5-6-12-14(15)18-13(20-12)7-4-10-3-2-8-17-9-10/h2-3,5-6,8-9H,16H2,1H3. The van der Waals surface area contributed by atoms with E-state index in [1.807, 2.05) is 12.1 Å². The normalized spacial score (nSPS) is 10.1. The highest BCUT2D eigenvalue weighted by Crippen LogP contribution is 2.31. The zero-order valence-electron chi connectivity index (χ0n) is 10.8. The third kappa shape index (κ3) is 2.15. The first-order valence-electron chi connectivity index (χ1n) is 5.93. The molecule has 1 aromatic carbocycles. The van der Waals surface area contributed by atoms with Crippen LogP contribution in [0.25, 0.3) is 11.1 Å². The first-order valence-corrected chi connectivity index (χ1v) is 5.93. The third-order valence-electron chi connectivity index (χ3n) is 2.72. The summed E-state index contributed by atoms with van der Waals surface area (Å²) in [5, 5.41) is 0. The Morgan fingerprint density at radius 2 is 2.15 bits per heavy atom. The lowest BCUT2D eigenvalue weighted by atomic mass is 10.2. The van der Waals surface area contributed by atoms with E-state index in [1.165, 1.54) is 0 Å². The van der Waals surface area contributed by atoms with Crippen molar-refractivity contribution in [3.8, 4) is 17.6 Å². The number of hydrogen-bond acceptors (Lipinski definition) is 5. The number of benzene rings is 1. The Morgan fingerprint density at radius 3 is 2.90 bits per heavy atom. The molecule has 2 heterocycles. The molecule has 20 heavy (non-hydrogen) atoms. The zero-order valence-corrected chi connectivity index (χ0v) is 10.8. The van der Waals surface area contributed by atoms with E-state index in [0.29, 0.717) is 28.4 Å². The van der Waals surface area contributed by atoms with Gasteiger partial charge in [0.15, 0.2) is 16.8 Å². The molecule has 3 aromatic rings. The van der Waals surface area contributed by atoms with E-state index in [-0.39, 0.29) is 0 Å². The number of ether oxygens (including phenoxy) is 1. The molecule has 0 spiro atoms. The minimum absolute atomic E-state index is 0.313. The summed E-state index contributed by atoms with van der Waals surface area (Å²) in [6, 6.07) is 7.14. The van der Waals surface area contributed by atoms with E-state index >= 15 is 0 Å². The molecule has 0 bridgehead atoms. The Morgan fingerprint density at radius 1 is 1.25 bits per heavy atom.